The first kappa shape index (κ1) is 10.9. The summed E-state index contributed by atoms with van der Waals surface area (Å²) in [4.78, 5) is 0. The van der Waals surface area contributed by atoms with Crippen molar-refractivity contribution in [3.8, 4) is 17.5 Å². The molecule has 2 heterocycles. The summed E-state index contributed by atoms with van der Waals surface area (Å²) in [5.74, 6) is 0.766. The Kier molecular flexibility index (Phi) is 2.58. The minimum Gasteiger partial charge on any atom is -0.282 e. The number of rotatable bonds is 1. The second-order valence-corrected chi connectivity index (χ2v) is 4.70. The number of pyridine rings is 1. The molecule has 0 amide bonds. The molecule has 3 rings (SSSR count). The van der Waals surface area contributed by atoms with Crippen molar-refractivity contribution in [1.29, 1.82) is 5.26 Å². The highest BCUT2D eigenvalue weighted by atomic mass is 79.9. The summed E-state index contributed by atoms with van der Waals surface area (Å²) in [6.45, 7) is 0. The van der Waals surface area contributed by atoms with Crippen LogP contribution in [0.25, 0.3) is 17.0 Å². The van der Waals surface area contributed by atoms with E-state index in [1.807, 2.05) is 34.9 Å². The van der Waals surface area contributed by atoms with Gasteiger partial charge in [0.25, 0.3) is 0 Å². The maximum atomic E-state index is 8.84. The number of hydrogen-bond acceptors (Lipinski definition) is 3. The van der Waals surface area contributed by atoms with Crippen LogP contribution in [0.4, 0.5) is 0 Å². The van der Waals surface area contributed by atoms with Gasteiger partial charge in [-0.15, -0.1) is 10.2 Å². The molecule has 3 aromatic rings. The van der Waals surface area contributed by atoms with Gasteiger partial charge in [-0.3, -0.25) is 4.40 Å². The third-order valence-electron chi connectivity index (χ3n) is 2.64. The maximum absolute atomic E-state index is 8.84. The van der Waals surface area contributed by atoms with E-state index in [1.54, 1.807) is 12.1 Å². The van der Waals surface area contributed by atoms with Crippen LogP contribution >= 0.6 is 15.9 Å². The van der Waals surface area contributed by atoms with E-state index in [2.05, 4.69) is 32.2 Å². The summed E-state index contributed by atoms with van der Waals surface area (Å²) in [5, 5.41) is 17.1. The molecule has 1 aromatic carbocycles. The van der Waals surface area contributed by atoms with Gasteiger partial charge in [-0.1, -0.05) is 28.1 Å². The molecule has 0 atom stereocenters. The number of nitrogens with zero attached hydrogens (tertiary/aromatic N) is 4. The molecule has 0 saturated carbocycles. The van der Waals surface area contributed by atoms with Crippen LogP contribution in [0.2, 0.25) is 0 Å². The zero-order chi connectivity index (χ0) is 12.5. The second kappa shape index (κ2) is 4.24. The predicted octanol–water partition coefficient (Wildman–Crippen LogP) is 3.03. The lowest BCUT2D eigenvalue weighted by atomic mass is 10.2. The Morgan fingerprint density at radius 3 is 2.61 bits per heavy atom. The van der Waals surface area contributed by atoms with Gasteiger partial charge in [-0.05, 0) is 18.2 Å². The summed E-state index contributed by atoms with van der Waals surface area (Å²) < 4.78 is 2.89. The molecule has 0 bridgehead atoms. The van der Waals surface area contributed by atoms with E-state index in [9.17, 15) is 0 Å². The monoisotopic (exact) mass is 298 g/mol. The Morgan fingerprint density at radius 2 is 1.89 bits per heavy atom. The first-order chi connectivity index (χ1) is 8.78. The van der Waals surface area contributed by atoms with Crippen LogP contribution in [0.15, 0.2) is 47.1 Å². The minimum absolute atomic E-state index is 0.581. The number of fused-ring (bicyclic) bond motifs is 1. The van der Waals surface area contributed by atoms with Crippen molar-refractivity contribution >= 4 is 21.6 Å². The molecule has 0 aliphatic rings. The highest BCUT2D eigenvalue weighted by molar-refractivity contribution is 9.10. The topological polar surface area (TPSA) is 54.0 Å². The Bertz CT molecular complexity index is 753. The molecule has 0 aliphatic heterocycles. The lowest BCUT2D eigenvalue weighted by Gasteiger charge is -2.00. The largest absolute Gasteiger partial charge is 0.282 e. The average molecular weight is 299 g/mol. The Balaban J connectivity index is 2.19. The van der Waals surface area contributed by atoms with E-state index in [1.165, 1.54) is 0 Å². The van der Waals surface area contributed by atoms with Gasteiger partial charge in [0, 0.05) is 22.3 Å². The van der Waals surface area contributed by atoms with Gasteiger partial charge in [0.15, 0.2) is 11.5 Å². The van der Waals surface area contributed by atoms with Crippen molar-refractivity contribution in [3.63, 3.8) is 0 Å². The third-order valence-corrected chi connectivity index (χ3v) is 3.17. The first-order valence-electron chi connectivity index (χ1n) is 5.29. The smallest absolute Gasteiger partial charge is 0.168 e. The van der Waals surface area contributed by atoms with Crippen LogP contribution < -0.4 is 0 Å². The van der Waals surface area contributed by atoms with Crippen LogP contribution in [0.3, 0.4) is 0 Å². The number of benzene rings is 1. The fraction of sp³-hybridized carbons (Fsp3) is 0. The molecule has 0 radical (unpaired) electrons. The van der Waals surface area contributed by atoms with Gasteiger partial charge in [-0.25, -0.2) is 0 Å². The van der Waals surface area contributed by atoms with Crippen LogP contribution in [-0.4, -0.2) is 14.6 Å². The van der Waals surface area contributed by atoms with E-state index in [-0.39, 0.29) is 0 Å². The second-order valence-electron chi connectivity index (χ2n) is 3.79. The number of halogens is 1. The van der Waals surface area contributed by atoms with Crippen LogP contribution in [0.5, 0.6) is 0 Å². The Morgan fingerprint density at radius 1 is 1.11 bits per heavy atom. The van der Waals surface area contributed by atoms with Crippen LogP contribution in [0, 0.1) is 11.3 Å². The van der Waals surface area contributed by atoms with E-state index in [0.29, 0.717) is 11.2 Å². The van der Waals surface area contributed by atoms with E-state index in [0.717, 1.165) is 15.9 Å². The van der Waals surface area contributed by atoms with Crippen molar-refractivity contribution in [2.45, 2.75) is 0 Å². The van der Waals surface area contributed by atoms with Gasteiger partial charge in [0.2, 0.25) is 0 Å². The van der Waals surface area contributed by atoms with Crippen molar-refractivity contribution in [2.75, 3.05) is 0 Å². The summed E-state index contributed by atoms with van der Waals surface area (Å²) in [5.41, 5.74) is 2.24. The Labute approximate surface area is 112 Å². The molecule has 0 saturated heterocycles. The predicted molar refractivity (Wildman–Crippen MR) is 70.8 cm³/mol. The molecule has 18 heavy (non-hydrogen) atoms. The molecule has 86 valence electrons. The lowest BCUT2D eigenvalue weighted by molar-refractivity contribution is 1.11. The SMILES string of the molecule is N#Cc1ccn2c(-c3ccc(Br)cc3)nnc2c1. The number of nitriles is 1. The van der Waals surface area contributed by atoms with E-state index in [4.69, 9.17) is 5.26 Å². The molecule has 0 spiro atoms. The molecular formula is C13H7BrN4. The zero-order valence-corrected chi connectivity index (χ0v) is 10.8. The summed E-state index contributed by atoms with van der Waals surface area (Å²) in [7, 11) is 0. The molecule has 5 heteroatoms. The molecular weight excluding hydrogens is 292 g/mol. The van der Waals surface area contributed by atoms with Crippen LogP contribution in [-0.2, 0) is 0 Å². The minimum atomic E-state index is 0.581. The first-order valence-corrected chi connectivity index (χ1v) is 6.08. The zero-order valence-electron chi connectivity index (χ0n) is 9.21. The highest BCUT2D eigenvalue weighted by Gasteiger charge is 2.08. The average Bonchev–Trinajstić information content (AvgIpc) is 2.82. The molecule has 0 unspecified atom stereocenters. The fourth-order valence-electron chi connectivity index (χ4n) is 1.76. The lowest BCUT2D eigenvalue weighted by Crippen LogP contribution is -1.89. The van der Waals surface area contributed by atoms with Gasteiger partial charge in [0.1, 0.15) is 0 Å². The van der Waals surface area contributed by atoms with E-state index < -0.39 is 0 Å². The highest BCUT2D eigenvalue weighted by Crippen LogP contribution is 2.21. The quantitative estimate of drug-likeness (QED) is 0.694. The third kappa shape index (κ3) is 1.77. The molecule has 0 aliphatic carbocycles. The molecule has 0 N–H and O–H groups in total. The van der Waals surface area contributed by atoms with Gasteiger partial charge < -0.3 is 0 Å². The molecule has 0 fully saturated rings. The van der Waals surface area contributed by atoms with Gasteiger partial charge >= 0.3 is 0 Å². The normalized spacial score (nSPS) is 10.4. The standard InChI is InChI=1S/C13H7BrN4/c14-11-3-1-10(2-4-11)13-17-16-12-7-9(8-15)5-6-18(12)13/h1-7H. The van der Waals surface area contributed by atoms with Crippen molar-refractivity contribution in [2.24, 2.45) is 0 Å². The van der Waals surface area contributed by atoms with Gasteiger partial charge in [0.05, 0.1) is 11.6 Å². The summed E-state index contributed by atoms with van der Waals surface area (Å²) >= 11 is 3.40. The maximum Gasteiger partial charge on any atom is 0.168 e. The van der Waals surface area contributed by atoms with Gasteiger partial charge in [-0.2, -0.15) is 5.26 Å². The number of aromatic nitrogens is 3. The van der Waals surface area contributed by atoms with Crippen molar-refractivity contribution < 1.29 is 0 Å². The van der Waals surface area contributed by atoms with E-state index >= 15 is 0 Å². The summed E-state index contributed by atoms with van der Waals surface area (Å²) in [6.07, 6.45) is 1.81. The fourth-order valence-corrected chi connectivity index (χ4v) is 2.02. The Hall–Kier alpha value is -2.19. The number of hydrogen-bond donors (Lipinski definition) is 0. The van der Waals surface area contributed by atoms with Crippen molar-refractivity contribution in [1.82, 2.24) is 14.6 Å². The molecule has 2 aromatic heterocycles. The summed E-state index contributed by atoms with van der Waals surface area (Å²) in [6, 6.07) is 13.4. The molecule has 4 nitrogen and oxygen atoms in total. The van der Waals surface area contributed by atoms with Crippen LogP contribution in [0.1, 0.15) is 5.56 Å². The van der Waals surface area contributed by atoms with Crippen molar-refractivity contribution in [3.05, 3.63) is 52.6 Å².